The monoisotopic (exact) mass is 484 g/mol. The molecule has 0 bridgehead atoms. The maximum atomic E-state index is 13.5. The number of pyridine rings is 1. The summed E-state index contributed by atoms with van der Waals surface area (Å²) >= 11 is 1.36. The van der Waals surface area contributed by atoms with Gasteiger partial charge in [0.1, 0.15) is 16.7 Å². The molecule has 5 rings (SSSR count). The van der Waals surface area contributed by atoms with E-state index in [1.165, 1.54) is 11.8 Å². The number of ether oxygens (including phenoxy) is 2. The number of carbonyl (C=O) groups excluding carboxylic acids is 1. The van der Waals surface area contributed by atoms with Gasteiger partial charge in [-0.25, -0.2) is 0 Å². The molecular formula is C27H24N4O3S. The molecule has 1 N–H and O–H groups in total. The molecule has 7 nitrogen and oxygen atoms in total. The molecular weight excluding hydrogens is 460 g/mol. The highest BCUT2D eigenvalue weighted by Crippen LogP contribution is 2.37. The van der Waals surface area contributed by atoms with Crippen LogP contribution in [0.1, 0.15) is 16.4 Å². The first-order valence-electron chi connectivity index (χ1n) is 11.1. The maximum Gasteiger partial charge on any atom is 0.242 e. The smallest absolute Gasteiger partial charge is 0.242 e. The Morgan fingerprint density at radius 1 is 0.914 bits per heavy atom. The molecule has 0 radical (unpaired) electrons. The quantitative estimate of drug-likeness (QED) is 0.300. The topological polar surface area (TPSA) is 77.8 Å². The number of amides is 1. The number of thioether (sulfide) groups is 1. The third-order valence-electron chi connectivity index (χ3n) is 5.80. The molecule has 0 aliphatic heterocycles. The van der Waals surface area contributed by atoms with Crippen molar-refractivity contribution in [1.82, 2.24) is 14.6 Å². The number of aryl methyl sites for hydroxylation is 1. The van der Waals surface area contributed by atoms with Gasteiger partial charge < -0.3 is 14.8 Å². The lowest BCUT2D eigenvalue weighted by Crippen LogP contribution is -2.19. The second-order valence-electron chi connectivity index (χ2n) is 8.01. The fourth-order valence-corrected chi connectivity index (χ4v) is 5.05. The standard InChI is InChI=1S/C27H24N4O3S/c1-17-15-24-29-30-27(31(24)23-16-21(34-3)13-14-22(17)23)35-25(18-7-5-4-6-8-18)26(32)28-19-9-11-20(33-2)12-10-19/h4-16,25H,1-3H3,(H,28,32). The van der Waals surface area contributed by atoms with Gasteiger partial charge in [-0.3, -0.25) is 9.20 Å². The van der Waals surface area contributed by atoms with Gasteiger partial charge in [0.15, 0.2) is 10.8 Å². The largest absolute Gasteiger partial charge is 0.497 e. The van der Waals surface area contributed by atoms with Gasteiger partial charge in [0.05, 0.1) is 19.7 Å². The number of rotatable bonds is 7. The first-order chi connectivity index (χ1) is 17.1. The molecule has 3 aromatic carbocycles. The Morgan fingerprint density at radius 3 is 2.34 bits per heavy atom. The highest BCUT2D eigenvalue weighted by atomic mass is 32.2. The normalized spacial score (nSPS) is 12.0. The lowest BCUT2D eigenvalue weighted by Gasteiger charge is -2.17. The van der Waals surface area contributed by atoms with E-state index in [0.717, 1.165) is 33.5 Å². The summed E-state index contributed by atoms with van der Waals surface area (Å²) in [7, 11) is 3.25. The number of methoxy groups -OCH3 is 2. The highest BCUT2D eigenvalue weighted by Gasteiger charge is 2.25. The Balaban J connectivity index is 1.56. The minimum Gasteiger partial charge on any atom is -0.497 e. The summed E-state index contributed by atoms with van der Waals surface area (Å²) in [6.45, 7) is 2.05. The molecule has 0 aliphatic carbocycles. The molecule has 0 fully saturated rings. The molecule has 1 atom stereocenters. The zero-order valence-corrected chi connectivity index (χ0v) is 20.4. The molecule has 176 valence electrons. The van der Waals surface area contributed by atoms with Crippen molar-refractivity contribution in [2.75, 3.05) is 19.5 Å². The minimum absolute atomic E-state index is 0.155. The average molecular weight is 485 g/mol. The fourth-order valence-electron chi connectivity index (χ4n) is 3.99. The molecule has 35 heavy (non-hydrogen) atoms. The predicted octanol–water partition coefficient (Wildman–Crippen LogP) is 5.68. The molecule has 2 aromatic heterocycles. The van der Waals surface area contributed by atoms with E-state index in [1.807, 2.05) is 90.2 Å². The number of hydrogen-bond acceptors (Lipinski definition) is 6. The van der Waals surface area contributed by atoms with Gasteiger partial charge >= 0.3 is 0 Å². The summed E-state index contributed by atoms with van der Waals surface area (Å²) in [5.74, 6) is 1.31. The van der Waals surface area contributed by atoms with Crippen molar-refractivity contribution in [3.8, 4) is 11.5 Å². The van der Waals surface area contributed by atoms with Gasteiger partial charge in [-0.05, 0) is 60.5 Å². The number of carbonyl (C=O) groups is 1. The zero-order valence-electron chi connectivity index (χ0n) is 19.6. The molecule has 0 saturated carbocycles. The van der Waals surface area contributed by atoms with Crippen LogP contribution in [0.3, 0.4) is 0 Å². The van der Waals surface area contributed by atoms with E-state index in [2.05, 4.69) is 15.5 Å². The van der Waals surface area contributed by atoms with Crippen molar-refractivity contribution in [3.05, 3.63) is 90.0 Å². The molecule has 1 amide bonds. The van der Waals surface area contributed by atoms with Gasteiger partial charge in [0.25, 0.3) is 0 Å². The van der Waals surface area contributed by atoms with Crippen molar-refractivity contribution in [3.63, 3.8) is 0 Å². The number of fused-ring (bicyclic) bond motifs is 3. The van der Waals surface area contributed by atoms with Gasteiger partial charge in [-0.1, -0.05) is 42.1 Å². The van der Waals surface area contributed by atoms with Crippen LogP contribution < -0.4 is 14.8 Å². The Labute approximate surface area is 207 Å². The summed E-state index contributed by atoms with van der Waals surface area (Å²) in [5.41, 5.74) is 4.29. The summed E-state index contributed by atoms with van der Waals surface area (Å²) < 4.78 is 12.7. The van der Waals surface area contributed by atoms with Crippen LogP contribution >= 0.6 is 11.8 Å². The maximum absolute atomic E-state index is 13.5. The van der Waals surface area contributed by atoms with E-state index in [0.29, 0.717) is 16.5 Å². The fraction of sp³-hybridized carbons (Fsp3) is 0.148. The first-order valence-corrected chi connectivity index (χ1v) is 11.9. The number of anilines is 1. The summed E-state index contributed by atoms with van der Waals surface area (Å²) in [4.78, 5) is 13.5. The lowest BCUT2D eigenvalue weighted by molar-refractivity contribution is -0.115. The number of hydrogen-bond donors (Lipinski definition) is 1. The lowest BCUT2D eigenvalue weighted by atomic mass is 10.1. The van der Waals surface area contributed by atoms with Crippen LogP contribution in [0.4, 0.5) is 5.69 Å². The third kappa shape index (κ3) is 4.52. The number of aromatic nitrogens is 3. The molecule has 0 spiro atoms. The molecule has 2 heterocycles. The molecule has 8 heteroatoms. The molecule has 0 saturated heterocycles. The van der Waals surface area contributed by atoms with Crippen molar-refractivity contribution in [2.45, 2.75) is 17.3 Å². The van der Waals surface area contributed by atoms with E-state index in [4.69, 9.17) is 9.47 Å². The summed E-state index contributed by atoms with van der Waals surface area (Å²) in [6, 6.07) is 24.9. The molecule has 0 aliphatic rings. The van der Waals surface area contributed by atoms with Crippen LogP contribution in [-0.2, 0) is 4.79 Å². The van der Waals surface area contributed by atoms with Crippen molar-refractivity contribution in [2.24, 2.45) is 0 Å². The van der Waals surface area contributed by atoms with E-state index in [1.54, 1.807) is 14.2 Å². The summed E-state index contributed by atoms with van der Waals surface area (Å²) in [6.07, 6.45) is 0. The Morgan fingerprint density at radius 2 is 1.63 bits per heavy atom. The second kappa shape index (κ2) is 9.68. The number of benzene rings is 3. The van der Waals surface area contributed by atoms with Crippen LogP contribution in [0, 0.1) is 6.92 Å². The SMILES string of the molecule is COc1ccc(NC(=O)C(Sc2nnc3cc(C)c4ccc(OC)cc4n23)c2ccccc2)cc1. The highest BCUT2D eigenvalue weighted by molar-refractivity contribution is 8.00. The van der Waals surface area contributed by atoms with Gasteiger partial charge in [0, 0.05) is 17.1 Å². The predicted molar refractivity (Wildman–Crippen MR) is 138 cm³/mol. The van der Waals surface area contributed by atoms with Crippen molar-refractivity contribution < 1.29 is 14.3 Å². The van der Waals surface area contributed by atoms with Crippen LogP contribution in [-0.4, -0.2) is 34.7 Å². The third-order valence-corrected chi connectivity index (χ3v) is 6.99. The van der Waals surface area contributed by atoms with Gasteiger partial charge in [0.2, 0.25) is 5.91 Å². The van der Waals surface area contributed by atoms with E-state index in [-0.39, 0.29) is 5.91 Å². The van der Waals surface area contributed by atoms with Crippen LogP contribution in [0.15, 0.2) is 84.0 Å². The first kappa shape index (κ1) is 22.7. The minimum atomic E-state index is -0.548. The van der Waals surface area contributed by atoms with Crippen molar-refractivity contribution in [1.29, 1.82) is 0 Å². The number of nitrogens with one attached hydrogen (secondary N) is 1. The van der Waals surface area contributed by atoms with E-state index in [9.17, 15) is 4.79 Å². The zero-order chi connectivity index (χ0) is 24.4. The average Bonchev–Trinajstić information content (AvgIpc) is 3.30. The van der Waals surface area contributed by atoms with Crippen LogP contribution in [0.5, 0.6) is 11.5 Å². The van der Waals surface area contributed by atoms with Gasteiger partial charge in [-0.15, -0.1) is 10.2 Å². The van der Waals surface area contributed by atoms with E-state index < -0.39 is 5.25 Å². The molecule has 5 aromatic rings. The molecule has 1 unspecified atom stereocenters. The Bertz CT molecular complexity index is 1500. The summed E-state index contributed by atoms with van der Waals surface area (Å²) in [5, 5.41) is 13.0. The Kier molecular flexibility index (Phi) is 6.29. The van der Waals surface area contributed by atoms with E-state index >= 15 is 0 Å². The van der Waals surface area contributed by atoms with Gasteiger partial charge in [-0.2, -0.15) is 0 Å². The van der Waals surface area contributed by atoms with Crippen LogP contribution in [0.25, 0.3) is 16.6 Å². The number of nitrogens with zero attached hydrogens (tertiary/aromatic N) is 3. The van der Waals surface area contributed by atoms with Crippen LogP contribution in [0.2, 0.25) is 0 Å². The van der Waals surface area contributed by atoms with Crippen molar-refractivity contribution >= 4 is 39.9 Å². The Hall–Kier alpha value is -4.04. The second-order valence-corrected chi connectivity index (χ2v) is 9.09.